The summed E-state index contributed by atoms with van der Waals surface area (Å²) in [6.07, 6.45) is 0.312. The molecule has 0 saturated carbocycles. The van der Waals surface area contributed by atoms with E-state index in [9.17, 15) is 4.39 Å². The first kappa shape index (κ1) is 8.50. The highest BCUT2D eigenvalue weighted by molar-refractivity contribution is 6.30. The lowest BCUT2D eigenvalue weighted by Gasteiger charge is -2.00. The van der Waals surface area contributed by atoms with E-state index in [0.29, 0.717) is 12.0 Å². The van der Waals surface area contributed by atoms with E-state index in [-0.39, 0.29) is 11.6 Å². The summed E-state index contributed by atoms with van der Waals surface area (Å²) in [6.45, 7) is -0.0583. The van der Waals surface area contributed by atoms with Gasteiger partial charge in [-0.3, -0.25) is 0 Å². The molecule has 1 nitrogen and oxygen atoms in total. The largest absolute Gasteiger partial charge is 0.396 e. The van der Waals surface area contributed by atoms with E-state index in [1.165, 1.54) is 6.07 Å². The SMILES string of the molecule is OCCc1cccc(Cl)c1F. The molecule has 0 spiro atoms. The molecule has 60 valence electrons. The van der Waals surface area contributed by atoms with Gasteiger partial charge in [0, 0.05) is 6.61 Å². The number of aliphatic hydroxyl groups excluding tert-OH is 1. The van der Waals surface area contributed by atoms with E-state index >= 15 is 0 Å². The van der Waals surface area contributed by atoms with Crippen LogP contribution >= 0.6 is 11.6 Å². The fourth-order valence-electron chi connectivity index (χ4n) is 0.862. The predicted octanol–water partition coefficient (Wildman–Crippen LogP) is 2.01. The van der Waals surface area contributed by atoms with Gasteiger partial charge in [0.1, 0.15) is 5.82 Å². The summed E-state index contributed by atoms with van der Waals surface area (Å²) in [4.78, 5) is 0. The highest BCUT2D eigenvalue weighted by Crippen LogP contribution is 2.17. The molecule has 1 N–H and O–H groups in total. The fourth-order valence-corrected chi connectivity index (χ4v) is 1.06. The van der Waals surface area contributed by atoms with Gasteiger partial charge >= 0.3 is 0 Å². The van der Waals surface area contributed by atoms with Crippen LogP contribution in [0, 0.1) is 5.82 Å². The number of rotatable bonds is 2. The smallest absolute Gasteiger partial charge is 0.145 e. The minimum atomic E-state index is -0.428. The van der Waals surface area contributed by atoms with Gasteiger partial charge in [0.2, 0.25) is 0 Å². The van der Waals surface area contributed by atoms with Crippen molar-refractivity contribution in [3.8, 4) is 0 Å². The first-order valence-electron chi connectivity index (χ1n) is 3.29. The van der Waals surface area contributed by atoms with Crippen LogP contribution in [0.1, 0.15) is 5.56 Å². The van der Waals surface area contributed by atoms with Crippen LogP contribution in [0.4, 0.5) is 4.39 Å². The zero-order chi connectivity index (χ0) is 8.27. The van der Waals surface area contributed by atoms with Gasteiger partial charge in [0.05, 0.1) is 5.02 Å². The second kappa shape index (κ2) is 3.69. The van der Waals surface area contributed by atoms with Crippen molar-refractivity contribution >= 4 is 11.6 Å². The number of benzene rings is 1. The van der Waals surface area contributed by atoms with Crippen molar-refractivity contribution in [3.63, 3.8) is 0 Å². The number of halogens is 2. The molecule has 0 radical (unpaired) electrons. The zero-order valence-electron chi connectivity index (χ0n) is 5.85. The molecule has 0 amide bonds. The van der Waals surface area contributed by atoms with Crippen molar-refractivity contribution in [2.24, 2.45) is 0 Å². The molecule has 0 aliphatic heterocycles. The topological polar surface area (TPSA) is 20.2 Å². The predicted molar refractivity (Wildman–Crippen MR) is 42.2 cm³/mol. The van der Waals surface area contributed by atoms with Crippen LogP contribution in [0.25, 0.3) is 0 Å². The molecule has 1 aromatic carbocycles. The lowest BCUT2D eigenvalue weighted by atomic mass is 10.1. The summed E-state index contributed by atoms with van der Waals surface area (Å²) in [5.41, 5.74) is 0.458. The molecule has 0 saturated heterocycles. The van der Waals surface area contributed by atoms with E-state index in [1.807, 2.05) is 0 Å². The van der Waals surface area contributed by atoms with E-state index in [4.69, 9.17) is 16.7 Å². The maximum atomic E-state index is 12.9. The molecule has 0 aliphatic carbocycles. The number of hydrogen-bond acceptors (Lipinski definition) is 1. The standard InChI is InChI=1S/C8H8ClFO/c9-7-3-1-2-6(4-5-11)8(7)10/h1-3,11H,4-5H2. The summed E-state index contributed by atoms with van der Waals surface area (Å²) in [5.74, 6) is -0.428. The Bertz CT molecular complexity index is 250. The molecule has 0 aliphatic rings. The Morgan fingerprint density at radius 3 is 2.82 bits per heavy atom. The maximum absolute atomic E-state index is 12.9. The Morgan fingerprint density at radius 1 is 1.45 bits per heavy atom. The Kier molecular flexibility index (Phi) is 2.85. The molecule has 0 aromatic heterocycles. The van der Waals surface area contributed by atoms with Crippen molar-refractivity contribution in [2.45, 2.75) is 6.42 Å². The third-order valence-electron chi connectivity index (χ3n) is 1.41. The van der Waals surface area contributed by atoms with Crippen molar-refractivity contribution < 1.29 is 9.50 Å². The Labute approximate surface area is 69.4 Å². The van der Waals surface area contributed by atoms with Crippen LogP contribution < -0.4 is 0 Å². The average Bonchev–Trinajstić information content (AvgIpc) is 1.99. The first-order chi connectivity index (χ1) is 5.25. The van der Waals surface area contributed by atoms with Crippen LogP contribution in [0.3, 0.4) is 0 Å². The van der Waals surface area contributed by atoms with Gasteiger partial charge in [-0.15, -0.1) is 0 Å². The van der Waals surface area contributed by atoms with Gasteiger partial charge in [-0.1, -0.05) is 23.7 Å². The fraction of sp³-hybridized carbons (Fsp3) is 0.250. The minimum Gasteiger partial charge on any atom is -0.396 e. The second-order valence-electron chi connectivity index (χ2n) is 2.19. The molecular weight excluding hydrogens is 167 g/mol. The van der Waals surface area contributed by atoms with Gasteiger partial charge in [-0.2, -0.15) is 0 Å². The van der Waals surface area contributed by atoms with Crippen molar-refractivity contribution in [1.82, 2.24) is 0 Å². The second-order valence-corrected chi connectivity index (χ2v) is 2.59. The molecule has 11 heavy (non-hydrogen) atoms. The summed E-state index contributed by atoms with van der Waals surface area (Å²) >= 11 is 5.49. The maximum Gasteiger partial charge on any atom is 0.145 e. The molecule has 1 aromatic rings. The summed E-state index contributed by atoms with van der Waals surface area (Å²) in [5, 5.41) is 8.63. The summed E-state index contributed by atoms with van der Waals surface area (Å²) < 4.78 is 12.9. The van der Waals surface area contributed by atoms with Crippen LogP contribution in [0.15, 0.2) is 18.2 Å². The normalized spacial score (nSPS) is 10.1. The van der Waals surface area contributed by atoms with Gasteiger partial charge < -0.3 is 5.11 Å². The van der Waals surface area contributed by atoms with Crippen molar-refractivity contribution in [3.05, 3.63) is 34.6 Å². The third-order valence-corrected chi connectivity index (χ3v) is 1.70. The third kappa shape index (κ3) is 1.91. The minimum absolute atomic E-state index is 0.0583. The Hall–Kier alpha value is -0.600. The average molecular weight is 175 g/mol. The summed E-state index contributed by atoms with van der Waals surface area (Å²) in [6, 6.07) is 4.76. The highest BCUT2D eigenvalue weighted by Gasteiger charge is 2.03. The van der Waals surface area contributed by atoms with Crippen LogP contribution in [-0.2, 0) is 6.42 Å². The molecule has 0 unspecified atom stereocenters. The molecule has 3 heteroatoms. The van der Waals surface area contributed by atoms with Crippen molar-refractivity contribution in [2.75, 3.05) is 6.61 Å². The van der Waals surface area contributed by atoms with E-state index < -0.39 is 5.82 Å². The van der Waals surface area contributed by atoms with E-state index in [1.54, 1.807) is 12.1 Å². The highest BCUT2D eigenvalue weighted by atomic mass is 35.5. The van der Waals surface area contributed by atoms with Crippen LogP contribution in [0.5, 0.6) is 0 Å². The number of hydrogen-bond donors (Lipinski definition) is 1. The van der Waals surface area contributed by atoms with Gasteiger partial charge in [0.15, 0.2) is 0 Å². The van der Waals surface area contributed by atoms with Gasteiger partial charge in [0.25, 0.3) is 0 Å². The number of aliphatic hydroxyl groups is 1. The Balaban J connectivity index is 2.96. The lowest BCUT2D eigenvalue weighted by Crippen LogP contribution is -1.94. The monoisotopic (exact) mass is 174 g/mol. The van der Waals surface area contributed by atoms with Gasteiger partial charge in [-0.05, 0) is 18.1 Å². The molecule has 0 heterocycles. The van der Waals surface area contributed by atoms with E-state index in [2.05, 4.69) is 0 Å². The van der Waals surface area contributed by atoms with Crippen LogP contribution in [0.2, 0.25) is 5.02 Å². The Morgan fingerprint density at radius 2 is 2.18 bits per heavy atom. The van der Waals surface area contributed by atoms with Gasteiger partial charge in [-0.25, -0.2) is 4.39 Å². The van der Waals surface area contributed by atoms with Crippen molar-refractivity contribution in [1.29, 1.82) is 0 Å². The van der Waals surface area contributed by atoms with E-state index in [0.717, 1.165) is 0 Å². The molecule has 0 fully saturated rings. The first-order valence-corrected chi connectivity index (χ1v) is 3.67. The zero-order valence-corrected chi connectivity index (χ0v) is 6.61. The molecular formula is C8H8ClFO. The lowest BCUT2D eigenvalue weighted by molar-refractivity contribution is 0.297. The molecule has 0 bridgehead atoms. The summed E-state index contributed by atoms with van der Waals surface area (Å²) in [7, 11) is 0. The van der Waals surface area contributed by atoms with Crippen LogP contribution in [-0.4, -0.2) is 11.7 Å². The quantitative estimate of drug-likeness (QED) is 0.728. The molecule has 0 atom stereocenters. The molecule has 1 rings (SSSR count).